The van der Waals surface area contributed by atoms with E-state index in [1.165, 1.54) is 0 Å². The molecule has 0 N–H and O–H groups in total. The predicted molar refractivity (Wildman–Crippen MR) is 83.3 cm³/mol. The molecule has 1 fully saturated rings. The number of ether oxygens (including phenoxy) is 1. The summed E-state index contributed by atoms with van der Waals surface area (Å²) in [5, 5.41) is 17.7. The van der Waals surface area contributed by atoms with Gasteiger partial charge in [0.1, 0.15) is 0 Å². The van der Waals surface area contributed by atoms with Crippen LogP contribution in [-0.4, -0.2) is 31.2 Å². The lowest BCUT2D eigenvalue weighted by atomic mass is 10.1. The zero-order valence-electron chi connectivity index (χ0n) is 11.9. The van der Waals surface area contributed by atoms with Crippen molar-refractivity contribution in [2.75, 3.05) is 26.3 Å². The number of halogens is 1. The van der Waals surface area contributed by atoms with E-state index in [1.54, 1.807) is 0 Å². The van der Waals surface area contributed by atoms with Gasteiger partial charge >= 0.3 is 0 Å². The maximum absolute atomic E-state index is 8.91. The standard InChI is InChI=1S/C16H18BrN3O/c17-16-8-13(9-19)2-3-15(16)11-20(6-1-5-18)10-14-4-7-21-12-14/h2-3,8,14H,1,4,6-7,10-12H2/t14-/m1/s1. The summed E-state index contributed by atoms with van der Waals surface area (Å²) in [6.07, 6.45) is 1.62. The molecule has 0 amide bonds. The van der Waals surface area contributed by atoms with Gasteiger partial charge in [-0.15, -0.1) is 0 Å². The van der Waals surface area contributed by atoms with Gasteiger partial charge in [0.15, 0.2) is 0 Å². The fraction of sp³-hybridized carbons (Fsp3) is 0.500. The van der Waals surface area contributed by atoms with Crippen molar-refractivity contribution in [3.63, 3.8) is 0 Å². The molecular formula is C16H18BrN3O. The van der Waals surface area contributed by atoms with E-state index in [4.69, 9.17) is 15.3 Å². The molecule has 0 aromatic heterocycles. The van der Waals surface area contributed by atoms with Crippen molar-refractivity contribution in [3.8, 4) is 12.1 Å². The van der Waals surface area contributed by atoms with Crippen LogP contribution in [0.15, 0.2) is 22.7 Å². The van der Waals surface area contributed by atoms with E-state index >= 15 is 0 Å². The van der Waals surface area contributed by atoms with Crippen LogP contribution >= 0.6 is 15.9 Å². The van der Waals surface area contributed by atoms with E-state index in [2.05, 4.69) is 33.0 Å². The predicted octanol–water partition coefficient (Wildman–Crippen LogP) is 3.07. The van der Waals surface area contributed by atoms with Crippen molar-refractivity contribution in [2.24, 2.45) is 5.92 Å². The maximum atomic E-state index is 8.91. The number of rotatable bonds is 6. The van der Waals surface area contributed by atoms with Gasteiger partial charge in [-0.2, -0.15) is 10.5 Å². The lowest BCUT2D eigenvalue weighted by Crippen LogP contribution is -2.30. The third-order valence-corrected chi connectivity index (χ3v) is 4.39. The van der Waals surface area contributed by atoms with Gasteiger partial charge < -0.3 is 4.74 Å². The summed E-state index contributed by atoms with van der Waals surface area (Å²) < 4.78 is 6.38. The molecule has 1 aliphatic rings. The van der Waals surface area contributed by atoms with Gasteiger partial charge in [0.2, 0.25) is 0 Å². The van der Waals surface area contributed by atoms with E-state index in [9.17, 15) is 0 Å². The molecule has 1 aromatic rings. The maximum Gasteiger partial charge on any atom is 0.0992 e. The average molecular weight is 348 g/mol. The molecule has 1 heterocycles. The molecule has 1 aliphatic heterocycles. The highest BCUT2D eigenvalue weighted by Gasteiger charge is 2.19. The number of hydrogen-bond donors (Lipinski definition) is 0. The van der Waals surface area contributed by atoms with E-state index in [1.807, 2.05) is 18.2 Å². The number of hydrogen-bond acceptors (Lipinski definition) is 4. The SMILES string of the molecule is N#CCCN(Cc1ccc(C#N)cc1Br)C[C@H]1CCOC1. The summed E-state index contributed by atoms with van der Waals surface area (Å²) in [5.74, 6) is 0.556. The van der Waals surface area contributed by atoms with Crippen molar-refractivity contribution < 1.29 is 4.74 Å². The summed E-state index contributed by atoms with van der Waals surface area (Å²) in [6.45, 7) is 4.16. The van der Waals surface area contributed by atoms with Gasteiger partial charge in [-0.3, -0.25) is 4.90 Å². The van der Waals surface area contributed by atoms with Crippen LogP contribution < -0.4 is 0 Å². The van der Waals surface area contributed by atoms with Crippen LogP contribution in [-0.2, 0) is 11.3 Å². The van der Waals surface area contributed by atoms with Crippen LogP contribution in [0.2, 0.25) is 0 Å². The molecule has 0 radical (unpaired) electrons. The van der Waals surface area contributed by atoms with E-state index in [0.717, 1.165) is 49.3 Å². The molecule has 21 heavy (non-hydrogen) atoms. The van der Waals surface area contributed by atoms with Gasteiger partial charge in [0.25, 0.3) is 0 Å². The van der Waals surface area contributed by atoms with Crippen molar-refractivity contribution >= 4 is 15.9 Å². The topological polar surface area (TPSA) is 60.0 Å². The van der Waals surface area contributed by atoms with Crippen molar-refractivity contribution in [3.05, 3.63) is 33.8 Å². The Morgan fingerprint density at radius 2 is 2.24 bits per heavy atom. The van der Waals surface area contributed by atoms with Crippen LogP contribution in [0.25, 0.3) is 0 Å². The fourth-order valence-electron chi connectivity index (χ4n) is 2.52. The van der Waals surface area contributed by atoms with Crippen molar-refractivity contribution in [2.45, 2.75) is 19.4 Å². The first kappa shape index (κ1) is 16.0. The third-order valence-electron chi connectivity index (χ3n) is 3.66. The van der Waals surface area contributed by atoms with Crippen LogP contribution in [0.1, 0.15) is 24.0 Å². The molecule has 5 heteroatoms. The van der Waals surface area contributed by atoms with Gasteiger partial charge in [-0.05, 0) is 30.0 Å². The highest BCUT2D eigenvalue weighted by atomic mass is 79.9. The van der Waals surface area contributed by atoms with E-state index in [-0.39, 0.29) is 0 Å². The lowest BCUT2D eigenvalue weighted by molar-refractivity contribution is 0.165. The lowest BCUT2D eigenvalue weighted by Gasteiger charge is -2.24. The molecule has 0 bridgehead atoms. The van der Waals surface area contributed by atoms with Crippen LogP contribution in [0.5, 0.6) is 0 Å². The Labute approximate surface area is 134 Å². The summed E-state index contributed by atoms with van der Waals surface area (Å²) in [5.41, 5.74) is 1.80. The minimum absolute atomic E-state index is 0.529. The quantitative estimate of drug-likeness (QED) is 0.793. The molecule has 110 valence electrons. The van der Waals surface area contributed by atoms with Gasteiger partial charge in [-0.25, -0.2) is 0 Å². The minimum atomic E-state index is 0.529. The second-order valence-electron chi connectivity index (χ2n) is 5.29. The number of nitrogens with zero attached hydrogens (tertiary/aromatic N) is 3. The molecular weight excluding hydrogens is 330 g/mol. The van der Waals surface area contributed by atoms with Gasteiger partial charge in [0, 0.05) is 37.1 Å². The summed E-state index contributed by atoms with van der Waals surface area (Å²) in [6, 6.07) is 10.0. The van der Waals surface area contributed by atoms with Gasteiger partial charge in [0.05, 0.1) is 24.3 Å². The van der Waals surface area contributed by atoms with E-state index in [0.29, 0.717) is 17.9 Å². The van der Waals surface area contributed by atoms with Gasteiger partial charge in [-0.1, -0.05) is 22.0 Å². The molecule has 1 saturated heterocycles. The van der Waals surface area contributed by atoms with E-state index < -0.39 is 0 Å². The first-order chi connectivity index (χ1) is 10.2. The van der Waals surface area contributed by atoms with Crippen LogP contribution in [0.3, 0.4) is 0 Å². The second kappa shape index (κ2) is 8.14. The third kappa shape index (κ3) is 4.82. The first-order valence-electron chi connectivity index (χ1n) is 7.08. The largest absolute Gasteiger partial charge is 0.381 e. The summed E-state index contributed by atoms with van der Waals surface area (Å²) in [4.78, 5) is 2.30. The van der Waals surface area contributed by atoms with Crippen LogP contribution in [0.4, 0.5) is 0 Å². The number of nitriles is 2. The highest BCUT2D eigenvalue weighted by molar-refractivity contribution is 9.10. The highest BCUT2D eigenvalue weighted by Crippen LogP contribution is 2.22. The van der Waals surface area contributed by atoms with Crippen molar-refractivity contribution in [1.82, 2.24) is 4.90 Å². The van der Waals surface area contributed by atoms with Crippen molar-refractivity contribution in [1.29, 1.82) is 10.5 Å². The molecule has 0 spiro atoms. The Morgan fingerprint density at radius 1 is 1.38 bits per heavy atom. The Hall–Kier alpha value is -1.40. The summed E-state index contributed by atoms with van der Waals surface area (Å²) in [7, 11) is 0. The normalized spacial score (nSPS) is 17.6. The smallest absolute Gasteiger partial charge is 0.0992 e. The summed E-state index contributed by atoms with van der Waals surface area (Å²) >= 11 is 3.53. The Kier molecular flexibility index (Phi) is 6.20. The molecule has 1 atom stereocenters. The molecule has 0 aliphatic carbocycles. The first-order valence-corrected chi connectivity index (χ1v) is 7.88. The molecule has 4 nitrogen and oxygen atoms in total. The Balaban J connectivity index is 2.03. The molecule has 0 saturated carbocycles. The number of benzene rings is 1. The fourth-order valence-corrected chi connectivity index (χ4v) is 3.03. The minimum Gasteiger partial charge on any atom is -0.381 e. The average Bonchev–Trinajstić information content (AvgIpc) is 2.99. The molecule has 0 unspecified atom stereocenters. The zero-order valence-corrected chi connectivity index (χ0v) is 13.5. The Bertz CT molecular complexity index is 556. The molecule has 1 aromatic carbocycles. The second-order valence-corrected chi connectivity index (χ2v) is 6.15. The monoisotopic (exact) mass is 347 g/mol. The molecule has 2 rings (SSSR count). The Morgan fingerprint density at radius 3 is 2.86 bits per heavy atom. The zero-order chi connectivity index (χ0) is 15.1. The van der Waals surface area contributed by atoms with Crippen LogP contribution in [0, 0.1) is 28.6 Å².